The van der Waals surface area contributed by atoms with Gasteiger partial charge in [0, 0.05) is 27.2 Å². The molecule has 0 amide bonds. The first-order chi connectivity index (χ1) is 13.9. The topological polar surface area (TPSA) is 71.0 Å². The van der Waals surface area contributed by atoms with Crippen LogP contribution in [0.3, 0.4) is 0 Å². The lowest BCUT2D eigenvalue weighted by atomic mass is 10.2. The molecule has 0 aliphatic rings. The van der Waals surface area contributed by atoms with Gasteiger partial charge in [0.15, 0.2) is 15.8 Å². The molecule has 0 bridgehead atoms. The van der Waals surface area contributed by atoms with Crippen molar-refractivity contribution in [3.8, 4) is 5.75 Å². The molecule has 0 spiro atoms. The summed E-state index contributed by atoms with van der Waals surface area (Å²) >= 11 is 0. The van der Waals surface area contributed by atoms with Gasteiger partial charge in [-0.25, -0.2) is 8.42 Å². The van der Waals surface area contributed by atoms with Gasteiger partial charge in [0.05, 0.1) is 18.1 Å². The number of benzene rings is 2. The van der Waals surface area contributed by atoms with Gasteiger partial charge in [0.2, 0.25) is 0 Å². The van der Waals surface area contributed by atoms with E-state index in [0.717, 1.165) is 22.8 Å². The first-order valence-corrected chi connectivity index (χ1v) is 11.6. The smallest absolute Gasteiger partial charge is 0.193 e. The fourth-order valence-corrected chi connectivity index (χ4v) is 4.41. The molecule has 0 fully saturated rings. The van der Waals surface area contributed by atoms with E-state index in [-0.39, 0.29) is 11.5 Å². The van der Waals surface area contributed by atoms with E-state index in [2.05, 4.69) is 10.3 Å². The normalized spacial score (nSPS) is 11.9. The predicted octanol–water partition coefficient (Wildman–Crippen LogP) is 3.10. The Labute approximate surface area is 174 Å². The highest BCUT2D eigenvalue weighted by Gasteiger charge is 2.12. The molecule has 0 radical (unpaired) electrons. The summed E-state index contributed by atoms with van der Waals surface area (Å²) in [6.07, 6.45) is 0.533. The lowest BCUT2D eigenvalue weighted by Crippen LogP contribution is -2.39. The summed E-state index contributed by atoms with van der Waals surface area (Å²) in [5, 5.41) is 3.24. The molecular weight excluding hydrogens is 386 g/mol. The highest BCUT2D eigenvalue weighted by atomic mass is 32.2. The first-order valence-electron chi connectivity index (χ1n) is 9.81. The van der Waals surface area contributed by atoms with E-state index in [4.69, 9.17) is 4.74 Å². The first kappa shape index (κ1) is 22.7. The van der Waals surface area contributed by atoms with Gasteiger partial charge in [0.25, 0.3) is 0 Å². The Morgan fingerprint density at radius 1 is 1.07 bits per heavy atom. The van der Waals surface area contributed by atoms with Crippen molar-refractivity contribution >= 4 is 15.8 Å². The van der Waals surface area contributed by atoms with E-state index in [9.17, 15) is 8.42 Å². The third-order valence-corrected chi connectivity index (χ3v) is 6.06. The van der Waals surface area contributed by atoms with Gasteiger partial charge < -0.3 is 15.0 Å². The molecule has 158 valence electrons. The number of nitrogens with one attached hydrogen (secondary N) is 1. The van der Waals surface area contributed by atoms with E-state index in [0.29, 0.717) is 26.1 Å². The van der Waals surface area contributed by atoms with Crippen LogP contribution in [0.25, 0.3) is 0 Å². The Morgan fingerprint density at radius 2 is 1.76 bits per heavy atom. The highest BCUT2D eigenvalue weighted by molar-refractivity contribution is 7.90. The molecule has 0 saturated carbocycles. The van der Waals surface area contributed by atoms with Gasteiger partial charge in [-0.15, -0.1) is 0 Å². The van der Waals surface area contributed by atoms with Gasteiger partial charge >= 0.3 is 0 Å². The zero-order chi connectivity index (χ0) is 21.1. The number of hydrogen-bond acceptors (Lipinski definition) is 4. The molecule has 1 N–H and O–H groups in total. The lowest BCUT2D eigenvalue weighted by molar-refractivity contribution is 0.340. The molecule has 0 aliphatic heterocycles. The average Bonchev–Trinajstić information content (AvgIpc) is 2.70. The molecule has 0 atom stereocenters. The second-order valence-corrected chi connectivity index (χ2v) is 9.02. The van der Waals surface area contributed by atoms with Crippen LogP contribution in [0.5, 0.6) is 5.75 Å². The summed E-state index contributed by atoms with van der Waals surface area (Å²) < 4.78 is 30.0. The maximum absolute atomic E-state index is 12.3. The molecule has 2 aromatic carbocycles. The standard InChI is InChI=1S/C22H31N3O3S/c1-4-28-21-13-11-19(12-14-21)17-25(3)22(23-2)24-15-8-16-29(26,27)18-20-9-6-5-7-10-20/h5-7,9-14H,4,8,15-18H2,1-3H3,(H,23,24). The summed E-state index contributed by atoms with van der Waals surface area (Å²) in [4.78, 5) is 6.30. The van der Waals surface area contributed by atoms with Crippen molar-refractivity contribution in [2.45, 2.75) is 25.6 Å². The lowest BCUT2D eigenvalue weighted by Gasteiger charge is -2.22. The predicted molar refractivity (Wildman–Crippen MR) is 119 cm³/mol. The van der Waals surface area contributed by atoms with E-state index in [1.165, 1.54) is 0 Å². The van der Waals surface area contributed by atoms with Crippen LogP contribution in [0.15, 0.2) is 59.6 Å². The molecule has 0 aliphatic carbocycles. The minimum Gasteiger partial charge on any atom is -0.494 e. The Kier molecular flexibility index (Phi) is 8.99. The number of ether oxygens (including phenoxy) is 1. The second-order valence-electron chi connectivity index (χ2n) is 6.84. The van der Waals surface area contributed by atoms with Gasteiger partial charge in [-0.05, 0) is 36.6 Å². The second kappa shape index (κ2) is 11.5. The van der Waals surface area contributed by atoms with Crippen LogP contribution in [0, 0.1) is 0 Å². The Morgan fingerprint density at radius 3 is 2.38 bits per heavy atom. The summed E-state index contributed by atoms with van der Waals surface area (Å²) in [5.74, 6) is 1.83. The molecule has 0 saturated heterocycles. The Bertz CT molecular complexity index is 866. The minimum atomic E-state index is -3.12. The minimum absolute atomic E-state index is 0.0835. The Balaban J connectivity index is 1.77. The van der Waals surface area contributed by atoms with E-state index in [1.807, 2.05) is 73.5 Å². The van der Waals surface area contributed by atoms with Crippen LogP contribution in [-0.4, -0.2) is 52.3 Å². The number of sulfone groups is 1. The Hall–Kier alpha value is -2.54. The highest BCUT2D eigenvalue weighted by Crippen LogP contribution is 2.13. The number of nitrogens with zero attached hydrogens (tertiary/aromatic N) is 2. The van der Waals surface area contributed by atoms with Crippen LogP contribution < -0.4 is 10.1 Å². The van der Waals surface area contributed by atoms with Crippen molar-refractivity contribution in [1.82, 2.24) is 10.2 Å². The molecule has 29 heavy (non-hydrogen) atoms. The molecule has 0 aromatic heterocycles. The third-order valence-electron chi connectivity index (χ3n) is 4.37. The zero-order valence-corrected chi connectivity index (χ0v) is 18.3. The molecular formula is C22H31N3O3S. The van der Waals surface area contributed by atoms with Crippen molar-refractivity contribution in [3.05, 3.63) is 65.7 Å². The SMILES string of the molecule is CCOc1ccc(CN(C)C(=NC)NCCCS(=O)(=O)Cc2ccccc2)cc1. The van der Waals surface area contributed by atoms with Crippen molar-refractivity contribution < 1.29 is 13.2 Å². The molecule has 0 heterocycles. The molecule has 7 heteroatoms. The molecule has 0 unspecified atom stereocenters. The van der Waals surface area contributed by atoms with Crippen molar-refractivity contribution in [3.63, 3.8) is 0 Å². The molecule has 2 aromatic rings. The number of guanidine groups is 1. The van der Waals surface area contributed by atoms with Crippen LogP contribution in [0.4, 0.5) is 0 Å². The van der Waals surface area contributed by atoms with Crippen molar-refractivity contribution in [2.75, 3.05) is 33.0 Å². The summed E-state index contributed by atoms with van der Waals surface area (Å²) in [5.41, 5.74) is 1.97. The van der Waals surface area contributed by atoms with Gasteiger partial charge in [-0.3, -0.25) is 4.99 Å². The van der Waals surface area contributed by atoms with Crippen LogP contribution in [-0.2, 0) is 22.1 Å². The maximum atomic E-state index is 12.3. The molecule has 2 rings (SSSR count). The summed E-state index contributed by atoms with van der Waals surface area (Å²) in [6.45, 7) is 3.85. The zero-order valence-electron chi connectivity index (χ0n) is 17.5. The molecule has 6 nitrogen and oxygen atoms in total. The fraction of sp³-hybridized carbons (Fsp3) is 0.409. The van der Waals surface area contributed by atoms with Gasteiger partial charge in [-0.1, -0.05) is 42.5 Å². The van der Waals surface area contributed by atoms with E-state index in [1.54, 1.807) is 7.05 Å². The van der Waals surface area contributed by atoms with E-state index < -0.39 is 9.84 Å². The maximum Gasteiger partial charge on any atom is 0.193 e. The monoisotopic (exact) mass is 417 g/mol. The number of rotatable bonds is 10. The van der Waals surface area contributed by atoms with Gasteiger partial charge in [0.1, 0.15) is 5.75 Å². The van der Waals surface area contributed by atoms with Crippen LogP contribution in [0.2, 0.25) is 0 Å². The van der Waals surface area contributed by atoms with Crippen molar-refractivity contribution in [1.29, 1.82) is 0 Å². The summed E-state index contributed by atoms with van der Waals surface area (Å²) in [6, 6.07) is 17.3. The van der Waals surface area contributed by atoms with Crippen LogP contribution in [0.1, 0.15) is 24.5 Å². The number of hydrogen-bond donors (Lipinski definition) is 1. The average molecular weight is 418 g/mol. The number of aliphatic imine (C=N–C) groups is 1. The quantitative estimate of drug-likeness (QED) is 0.365. The third kappa shape index (κ3) is 8.15. The largest absolute Gasteiger partial charge is 0.494 e. The van der Waals surface area contributed by atoms with E-state index >= 15 is 0 Å². The van der Waals surface area contributed by atoms with Crippen LogP contribution >= 0.6 is 0 Å². The van der Waals surface area contributed by atoms with Gasteiger partial charge in [-0.2, -0.15) is 0 Å². The summed E-state index contributed by atoms with van der Waals surface area (Å²) in [7, 11) is 0.559. The van der Waals surface area contributed by atoms with Crippen molar-refractivity contribution in [2.24, 2.45) is 4.99 Å². The fourth-order valence-electron chi connectivity index (χ4n) is 2.98.